The van der Waals surface area contributed by atoms with Gasteiger partial charge in [-0.15, -0.1) is 11.3 Å². The first-order valence-electron chi connectivity index (χ1n) is 8.05. The van der Waals surface area contributed by atoms with E-state index < -0.39 is 0 Å². The summed E-state index contributed by atoms with van der Waals surface area (Å²) < 4.78 is 1.86. The number of hydrogen-bond donors (Lipinski definition) is 0. The maximum absolute atomic E-state index is 12.5. The van der Waals surface area contributed by atoms with Crippen LogP contribution >= 0.6 is 11.3 Å². The minimum absolute atomic E-state index is 0.184. The Bertz CT molecular complexity index is 598. The van der Waals surface area contributed by atoms with Gasteiger partial charge in [-0.25, -0.2) is 4.98 Å². The van der Waals surface area contributed by atoms with Gasteiger partial charge in [-0.3, -0.25) is 14.4 Å². The molecule has 0 aliphatic carbocycles. The van der Waals surface area contributed by atoms with Gasteiger partial charge in [0.15, 0.2) is 0 Å². The van der Waals surface area contributed by atoms with E-state index in [4.69, 9.17) is 0 Å². The third-order valence-electron chi connectivity index (χ3n) is 4.35. The molecule has 7 heteroatoms. The molecule has 0 bridgehead atoms. The van der Waals surface area contributed by atoms with Crippen LogP contribution < -0.4 is 0 Å². The lowest BCUT2D eigenvalue weighted by molar-refractivity contribution is -0.132. The van der Waals surface area contributed by atoms with Crippen LogP contribution in [-0.4, -0.2) is 56.7 Å². The van der Waals surface area contributed by atoms with Gasteiger partial charge >= 0.3 is 0 Å². The SMILES string of the molecule is CN(Cc1cccs1)C(=O)CN1CCCC[C@@H]1Cn1cncn1. The van der Waals surface area contributed by atoms with Crippen LogP contribution in [0.5, 0.6) is 0 Å². The van der Waals surface area contributed by atoms with Crippen molar-refractivity contribution in [3.05, 3.63) is 35.0 Å². The third-order valence-corrected chi connectivity index (χ3v) is 5.21. The largest absolute Gasteiger partial charge is 0.340 e. The zero-order chi connectivity index (χ0) is 16.1. The van der Waals surface area contributed by atoms with Crippen molar-refractivity contribution in [2.45, 2.75) is 38.4 Å². The predicted molar refractivity (Wildman–Crippen MR) is 90.0 cm³/mol. The Hall–Kier alpha value is -1.73. The van der Waals surface area contributed by atoms with Gasteiger partial charge in [0.05, 0.1) is 19.6 Å². The highest BCUT2D eigenvalue weighted by atomic mass is 32.1. The highest BCUT2D eigenvalue weighted by molar-refractivity contribution is 7.09. The average Bonchev–Trinajstić information content (AvgIpc) is 3.23. The maximum atomic E-state index is 12.5. The fourth-order valence-electron chi connectivity index (χ4n) is 3.04. The van der Waals surface area contributed by atoms with Crippen LogP contribution in [0, 0.1) is 0 Å². The van der Waals surface area contributed by atoms with Crippen molar-refractivity contribution in [2.75, 3.05) is 20.1 Å². The molecule has 0 unspecified atom stereocenters. The molecule has 0 N–H and O–H groups in total. The number of carbonyl (C=O) groups excluding carboxylic acids is 1. The molecule has 23 heavy (non-hydrogen) atoms. The van der Waals surface area contributed by atoms with E-state index in [-0.39, 0.29) is 5.91 Å². The van der Waals surface area contributed by atoms with E-state index in [9.17, 15) is 4.79 Å². The van der Waals surface area contributed by atoms with Crippen molar-refractivity contribution in [1.29, 1.82) is 0 Å². The molecular formula is C16H23N5OS. The van der Waals surface area contributed by atoms with Crippen LogP contribution in [0.15, 0.2) is 30.2 Å². The molecule has 3 heterocycles. The van der Waals surface area contributed by atoms with Crippen LogP contribution in [0.4, 0.5) is 0 Å². The second-order valence-corrected chi connectivity index (χ2v) is 7.10. The maximum Gasteiger partial charge on any atom is 0.236 e. The molecule has 124 valence electrons. The van der Waals surface area contributed by atoms with Crippen LogP contribution in [0.3, 0.4) is 0 Å². The van der Waals surface area contributed by atoms with E-state index in [1.54, 1.807) is 24.0 Å². The molecule has 0 saturated carbocycles. The Morgan fingerprint density at radius 3 is 3.13 bits per heavy atom. The Morgan fingerprint density at radius 1 is 1.48 bits per heavy atom. The summed E-state index contributed by atoms with van der Waals surface area (Å²) in [5, 5.41) is 6.24. The molecule has 6 nitrogen and oxygen atoms in total. The van der Waals surface area contributed by atoms with E-state index in [1.165, 1.54) is 11.3 Å². The van der Waals surface area contributed by atoms with Crippen LogP contribution in [0.2, 0.25) is 0 Å². The average molecular weight is 333 g/mol. The molecule has 1 saturated heterocycles. The van der Waals surface area contributed by atoms with Gasteiger partial charge in [0.25, 0.3) is 0 Å². The summed E-state index contributed by atoms with van der Waals surface area (Å²) in [6.45, 7) is 2.97. The Labute approximate surface area is 140 Å². The molecule has 0 spiro atoms. The summed E-state index contributed by atoms with van der Waals surface area (Å²) >= 11 is 1.69. The minimum atomic E-state index is 0.184. The quantitative estimate of drug-likeness (QED) is 0.810. The van der Waals surface area contributed by atoms with Gasteiger partial charge in [-0.1, -0.05) is 12.5 Å². The standard InChI is InChI=1S/C16H23N5OS/c1-19(10-15-6-4-8-23-15)16(22)11-20-7-3-2-5-14(20)9-21-13-17-12-18-21/h4,6,8,12-14H,2-3,5,7,9-11H2,1H3/t14-/m1/s1. The monoisotopic (exact) mass is 333 g/mol. The van der Waals surface area contributed by atoms with Crippen molar-refractivity contribution in [3.8, 4) is 0 Å². The van der Waals surface area contributed by atoms with Crippen molar-refractivity contribution >= 4 is 17.2 Å². The van der Waals surface area contributed by atoms with E-state index in [1.807, 2.05) is 28.1 Å². The van der Waals surface area contributed by atoms with E-state index in [0.29, 0.717) is 19.1 Å². The number of thiophene rings is 1. The number of aromatic nitrogens is 3. The first-order chi connectivity index (χ1) is 11.2. The fraction of sp³-hybridized carbons (Fsp3) is 0.562. The number of amides is 1. The number of likely N-dealkylation sites (tertiary alicyclic amines) is 1. The molecule has 1 aliphatic rings. The minimum Gasteiger partial charge on any atom is -0.340 e. The second-order valence-electron chi connectivity index (χ2n) is 6.07. The molecule has 1 atom stereocenters. The molecule has 1 amide bonds. The van der Waals surface area contributed by atoms with E-state index in [2.05, 4.69) is 21.0 Å². The molecule has 1 fully saturated rings. The number of carbonyl (C=O) groups is 1. The van der Waals surface area contributed by atoms with Crippen molar-refractivity contribution in [3.63, 3.8) is 0 Å². The summed E-state index contributed by atoms with van der Waals surface area (Å²) in [6.07, 6.45) is 6.80. The summed E-state index contributed by atoms with van der Waals surface area (Å²) in [4.78, 5) is 21.9. The van der Waals surface area contributed by atoms with Gasteiger partial charge in [0.2, 0.25) is 5.91 Å². The van der Waals surface area contributed by atoms with Crippen LogP contribution in [-0.2, 0) is 17.9 Å². The summed E-state index contributed by atoms with van der Waals surface area (Å²) in [5.41, 5.74) is 0. The van der Waals surface area contributed by atoms with Crippen LogP contribution in [0.25, 0.3) is 0 Å². The number of hydrogen-bond acceptors (Lipinski definition) is 5. The van der Waals surface area contributed by atoms with Gasteiger partial charge in [0.1, 0.15) is 12.7 Å². The van der Waals surface area contributed by atoms with E-state index in [0.717, 1.165) is 25.9 Å². The topological polar surface area (TPSA) is 54.3 Å². The summed E-state index contributed by atoms with van der Waals surface area (Å²) in [6, 6.07) is 4.46. The normalized spacial score (nSPS) is 18.9. The van der Waals surface area contributed by atoms with Gasteiger partial charge < -0.3 is 4.90 Å². The lowest BCUT2D eigenvalue weighted by Gasteiger charge is -2.35. The lowest BCUT2D eigenvalue weighted by atomic mass is 10.0. The number of piperidine rings is 1. The third kappa shape index (κ3) is 4.39. The zero-order valence-electron chi connectivity index (χ0n) is 13.5. The number of likely N-dealkylation sites (N-methyl/N-ethyl adjacent to an activating group) is 1. The zero-order valence-corrected chi connectivity index (χ0v) is 14.3. The lowest BCUT2D eigenvalue weighted by Crippen LogP contribution is -2.47. The van der Waals surface area contributed by atoms with Gasteiger partial charge in [-0.2, -0.15) is 5.10 Å². The summed E-state index contributed by atoms with van der Waals surface area (Å²) in [5.74, 6) is 0.184. The number of nitrogens with zero attached hydrogens (tertiary/aromatic N) is 5. The van der Waals surface area contributed by atoms with Crippen molar-refractivity contribution in [1.82, 2.24) is 24.6 Å². The Balaban J connectivity index is 1.56. The molecule has 2 aromatic rings. The van der Waals surface area contributed by atoms with Crippen molar-refractivity contribution in [2.24, 2.45) is 0 Å². The smallest absolute Gasteiger partial charge is 0.236 e. The Morgan fingerprint density at radius 2 is 2.39 bits per heavy atom. The number of rotatable bonds is 6. The molecule has 0 aromatic carbocycles. The second kappa shape index (κ2) is 7.70. The molecule has 3 rings (SSSR count). The molecule has 0 radical (unpaired) electrons. The Kier molecular flexibility index (Phi) is 5.40. The molecular weight excluding hydrogens is 310 g/mol. The van der Waals surface area contributed by atoms with Crippen LogP contribution in [0.1, 0.15) is 24.1 Å². The van der Waals surface area contributed by atoms with Crippen molar-refractivity contribution < 1.29 is 4.79 Å². The predicted octanol–water partition coefficient (Wildman–Crippen LogP) is 1.85. The summed E-state index contributed by atoms with van der Waals surface area (Å²) in [7, 11) is 1.89. The first-order valence-corrected chi connectivity index (χ1v) is 8.93. The van der Waals surface area contributed by atoms with Gasteiger partial charge in [0, 0.05) is 18.0 Å². The first kappa shape index (κ1) is 16.1. The van der Waals surface area contributed by atoms with Gasteiger partial charge in [-0.05, 0) is 30.8 Å². The highest BCUT2D eigenvalue weighted by Gasteiger charge is 2.26. The van der Waals surface area contributed by atoms with E-state index >= 15 is 0 Å². The fourth-order valence-corrected chi connectivity index (χ4v) is 3.79. The molecule has 2 aromatic heterocycles. The highest BCUT2D eigenvalue weighted by Crippen LogP contribution is 2.19. The molecule has 1 aliphatic heterocycles.